The third kappa shape index (κ3) is 5.88. The van der Waals surface area contributed by atoms with Gasteiger partial charge in [0, 0.05) is 11.3 Å². The van der Waals surface area contributed by atoms with E-state index < -0.39 is 12.1 Å². The maximum absolute atomic E-state index is 13.8. The normalized spacial score (nSPS) is 15.9. The summed E-state index contributed by atoms with van der Waals surface area (Å²) in [5.41, 5.74) is 11.9. The van der Waals surface area contributed by atoms with Crippen LogP contribution < -0.4 is 16.0 Å². The van der Waals surface area contributed by atoms with Gasteiger partial charge in [-0.15, -0.1) is 10.2 Å². The van der Waals surface area contributed by atoms with Gasteiger partial charge in [-0.3, -0.25) is 9.59 Å². The van der Waals surface area contributed by atoms with Gasteiger partial charge in [-0.1, -0.05) is 86.5 Å². The molecule has 0 saturated heterocycles. The lowest BCUT2D eigenvalue weighted by molar-refractivity contribution is -0.128. The Balaban J connectivity index is 1.38. The van der Waals surface area contributed by atoms with Gasteiger partial charge in [0.15, 0.2) is 0 Å². The van der Waals surface area contributed by atoms with E-state index in [-0.39, 0.29) is 11.8 Å². The molecule has 39 heavy (non-hydrogen) atoms. The van der Waals surface area contributed by atoms with Crippen molar-refractivity contribution in [3.8, 4) is 22.5 Å². The monoisotopic (exact) mass is 523 g/mol. The van der Waals surface area contributed by atoms with Gasteiger partial charge in [-0.25, -0.2) is 0 Å². The Morgan fingerprint density at radius 1 is 1.08 bits per heavy atom. The lowest BCUT2D eigenvalue weighted by Gasteiger charge is -2.27. The van der Waals surface area contributed by atoms with Crippen molar-refractivity contribution in [3.05, 3.63) is 83.9 Å². The summed E-state index contributed by atoms with van der Waals surface area (Å²) < 4.78 is 0. The zero-order chi connectivity index (χ0) is 27.2. The number of nitrogens with one attached hydrogen (secondary N) is 2. The quantitative estimate of drug-likeness (QED) is 0.304. The van der Waals surface area contributed by atoms with E-state index in [0.29, 0.717) is 31.6 Å². The molecular weight excluding hydrogens is 490 g/mol. The van der Waals surface area contributed by atoms with Crippen molar-refractivity contribution in [2.45, 2.75) is 57.7 Å². The zero-order valence-corrected chi connectivity index (χ0v) is 22.0. The predicted molar refractivity (Wildman–Crippen MR) is 150 cm³/mol. The number of benzene rings is 3. The van der Waals surface area contributed by atoms with Crippen molar-refractivity contribution in [1.29, 1.82) is 0 Å². The van der Waals surface area contributed by atoms with Crippen molar-refractivity contribution in [1.82, 2.24) is 25.9 Å². The molecule has 4 aromatic rings. The van der Waals surface area contributed by atoms with Crippen LogP contribution in [-0.4, -0.2) is 44.5 Å². The highest BCUT2D eigenvalue weighted by molar-refractivity contribution is 6.01. The number of H-pyrrole nitrogens is 1. The molecule has 0 radical (unpaired) electrons. The van der Waals surface area contributed by atoms with Crippen LogP contribution in [-0.2, 0) is 22.6 Å². The number of anilines is 1. The first-order chi connectivity index (χ1) is 19.0. The maximum Gasteiger partial charge on any atom is 0.249 e. The van der Waals surface area contributed by atoms with Gasteiger partial charge < -0.3 is 16.0 Å². The number of tetrazole rings is 1. The molecule has 4 N–H and O–H groups in total. The van der Waals surface area contributed by atoms with Crippen molar-refractivity contribution < 1.29 is 9.59 Å². The molecule has 0 aliphatic carbocycles. The van der Waals surface area contributed by atoms with Gasteiger partial charge in [-0.2, -0.15) is 5.21 Å². The molecule has 5 rings (SSSR count). The number of rotatable bonds is 9. The second-order valence-electron chi connectivity index (χ2n) is 9.88. The summed E-state index contributed by atoms with van der Waals surface area (Å²) >= 11 is 0. The molecule has 0 spiro atoms. The molecule has 1 aromatic heterocycles. The zero-order valence-electron chi connectivity index (χ0n) is 22.0. The molecule has 0 bridgehead atoms. The van der Waals surface area contributed by atoms with Gasteiger partial charge in [-0.05, 0) is 52.8 Å². The SMILES string of the molecule is CCCCC(N)C(=O)NC1CCc2ccccc2N(Cc2ccc(-c3ccccc3-c3nn[nH]n3)cc2)C1=O. The highest BCUT2D eigenvalue weighted by Crippen LogP contribution is 2.32. The van der Waals surface area contributed by atoms with Crippen LogP contribution in [0.3, 0.4) is 0 Å². The number of unbranched alkanes of at least 4 members (excludes halogenated alkanes) is 1. The first kappa shape index (κ1) is 26.2. The summed E-state index contributed by atoms with van der Waals surface area (Å²) in [6.45, 7) is 2.45. The number of fused-ring (bicyclic) bond motifs is 1. The van der Waals surface area contributed by atoms with Crippen LogP contribution in [0.25, 0.3) is 22.5 Å². The van der Waals surface area contributed by atoms with Gasteiger partial charge in [0.1, 0.15) is 6.04 Å². The van der Waals surface area contributed by atoms with Crippen LogP contribution in [0.2, 0.25) is 0 Å². The fraction of sp³-hybridized carbons (Fsp3) is 0.300. The van der Waals surface area contributed by atoms with E-state index in [1.165, 1.54) is 0 Å². The lowest BCUT2D eigenvalue weighted by Crippen LogP contribution is -2.52. The Morgan fingerprint density at radius 2 is 1.82 bits per heavy atom. The largest absolute Gasteiger partial charge is 0.343 e. The molecule has 1 aliphatic rings. The number of carbonyl (C=O) groups is 2. The van der Waals surface area contributed by atoms with Crippen molar-refractivity contribution >= 4 is 17.5 Å². The topological polar surface area (TPSA) is 130 Å². The number of carbonyl (C=O) groups excluding carboxylic acids is 2. The molecule has 200 valence electrons. The molecule has 0 saturated carbocycles. The lowest BCUT2D eigenvalue weighted by atomic mass is 9.98. The third-order valence-electron chi connectivity index (χ3n) is 7.19. The second-order valence-corrected chi connectivity index (χ2v) is 9.88. The number of aromatic nitrogens is 4. The van der Waals surface area contributed by atoms with Crippen LogP contribution in [0, 0.1) is 0 Å². The Bertz CT molecular complexity index is 1420. The average Bonchev–Trinajstić information content (AvgIpc) is 3.48. The van der Waals surface area contributed by atoms with Crippen molar-refractivity contribution in [2.24, 2.45) is 5.73 Å². The number of aromatic amines is 1. The van der Waals surface area contributed by atoms with Crippen molar-refractivity contribution in [2.75, 3.05) is 4.90 Å². The van der Waals surface area contributed by atoms with E-state index >= 15 is 0 Å². The molecule has 0 fully saturated rings. The van der Waals surface area contributed by atoms with Crippen LogP contribution >= 0.6 is 0 Å². The molecule has 2 heterocycles. The van der Waals surface area contributed by atoms with E-state index in [1.807, 2.05) is 72.8 Å². The standard InChI is InChI=1S/C30H33N7O2/c1-2-3-11-25(31)29(38)32-26-18-17-22-8-4-7-12-27(22)37(30(26)39)19-20-13-15-21(16-14-20)23-9-5-6-10-24(23)28-33-35-36-34-28/h4-10,12-16,25-26H,2-3,11,17-19,31H2,1H3,(H,32,38)(H,33,34,35,36). The van der Waals surface area contributed by atoms with E-state index in [0.717, 1.165) is 46.3 Å². The van der Waals surface area contributed by atoms with Gasteiger partial charge in [0.25, 0.3) is 0 Å². The molecule has 9 nitrogen and oxygen atoms in total. The Hall–Kier alpha value is -4.37. The summed E-state index contributed by atoms with van der Waals surface area (Å²) in [7, 11) is 0. The first-order valence-corrected chi connectivity index (χ1v) is 13.4. The highest BCUT2D eigenvalue weighted by atomic mass is 16.2. The van der Waals surface area contributed by atoms with E-state index in [9.17, 15) is 9.59 Å². The summed E-state index contributed by atoms with van der Waals surface area (Å²) in [6, 6.07) is 22.7. The minimum absolute atomic E-state index is 0.123. The Labute approximate surface area is 227 Å². The Kier molecular flexibility index (Phi) is 8.07. The molecular formula is C30H33N7O2. The molecule has 2 amide bonds. The van der Waals surface area contributed by atoms with Gasteiger partial charge >= 0.3 is 0 Å². The maximum atomic E-state index is 13.8. The van der Waals surface area contributed by atoms with E-state index in [1.54, 1.807) is 4.90 Å². The Morgan fingerprint density at radius 3 is 2.56 bits per heavy atom. The number of amides is 2. The fourth-order valence-corrected chi connectivity index (χ4v) is 5.02. The van der Waals surface area contributed by atoms with Gasteiger partial charge in [0.05, 0.1) is 12.6 Å². The summed E-state index contributed by atoms with van der Waals surface area (Å²) in [4.78, 5) is 28.4. The summed E-state index contributed by atoms with van der Waals surface area (Å²) in [6.07, 6.45) is 3.67. The van der Waals surface area contributed by atoms with E-state index in [4.69, 9.17) is 5.73 Å². The highest BCUT2D eigenvalue weighted by Gasteiger charge is 2.32. The minimum Gasteiger partial charge on any atom is -0.343 e. The van der Waals surface area contributed by atoms with Crippen LogP contribution in [0.1, 0.15) is 43.7 Å². The predicted octanol–water partition coefficient (Wildman–Crippen LogP) is 4.02. The summed E-state index contributed by atoms with van der Waals surface area (Å²) in [5, 5.41) is 17.4. The number of nitrogens with zero attached hydrogens (tertiary/aromatic N) is 4. The minimum atomic E-state index is -0.626. The molecule has 2 unspecified atom stereocenters. The second kappa shape index (κ2) is 12.0. The van der Waals surface area contributed by atoms with Crippen molar-refractivity contribution in [3.63, 3.8) is 0 Å². The average molecular weight is 524 g/mol. The number of para-hydroxylation sites is 1. The van der Waals surface area contributed by atoms with Crippen LogP contribution in [0.15, 0.2) is 72.8 Å². The molecule has 1 aliphatic heterocycles. The van der Waals surface area contributed by atoms with Crippen LogP contribution in [0.5, 0.6) is 0 Å². The molecule has 3 aromatic carbocycles. The summed E-state index contributed by atoms with van der Waals surface area (Å²) in [5.74, 6) is 0.142. The van der Waals surface area contributed by atoms with Crippen LogP contribution in [0.4, 0.5) is 5.69 Å². The number of nitrogens with two attached hydrogens (primary N) is 1. The third-order valence-corrected chi connectivity index (χ3v) is 7.19. The van der Waals surface area contributed by atoms with Gasteiger partial charge in [0.2, 0.25) is 17.6 Å². The van der Waals surface area contributed by atoms with E-state index in [2.05, 4.69) is 32.9 Å². The number of hydrogen-bond acceptors (Lipinski definition) is 6. The first-order valence-electron chi connectivity index (χ1n) is 13.4. The molecule has 2 atom stereocenters. The number of hydrogen-bond donors (Lipinski definition) is 3. The number of aryl methyl sites for hydroxylation is 1. The fourth-order valence-electron chi connectivity index (χ4n) is 5.02. The molecule has 9 heteroatoms. The smallest absolute Gasteiger partial charge is 0.249 e.